The van der Waals surface area contributed by atoms with Crippen LogP contribution in [0.2, 0.25) is 0 Å². The molecule has 0 radical (unpaired) electrons. The van der Waals surface area contributed by atoms with E-state index in [2.05, 4.69) is 0 Å². The van der Waals surface area contributed by atoms with Crippen LogP contribution in [0.25, 0.3) is 5.57 Å². The van der Waals surface area contributed by atoms with Gasteiger partial charge in [-0.2, -0.15) is 9.78 Å². The summed E-state index contributed by atoms with van der Waals surface area (Å²) in [6.07, 6.45) is 8.88. The lowest BCUT2D eigenvalue weighted by Gasteiger charge is -2.30. The first-order chi connectivity index (χ1) is 18.9. The first-order valence-corrected chi connectivity index (χ1v) is 14.4. The van der Waals surface area contributed by atoms with E-state index >= 15 is 0 Å². The molecule has 1 saturated heterocycles. The number of amides is 1. The van der Waals surface area contributed by atoms with Crippen molar-refractivity contribution in [1.82, 2.24) is 14.7 Å². The van der Waals surface area contributed by atoms with Gasteiger partial charge >= 0.3 is 5.97 Å². The Morgan fingerprint density at radius 3 is 2.56 bits per heavy atom. The Morgan fingerprint density at radius 1 is 1.08 bits per heavy atom. The molecule has 7 nitrogen and oxygen atoms in total. The quantitative estimate of drug-likeness (QED) is 0.558. The molecule has 2 aromatic rings. The zero-order valence-electron chi connectivity index (χ0n) is 22.5. The van der Waals surface area contributed by atoms with E-state index in [1.165, 1.54) is 0 Å². The number of rotatable bonds is 6. The first-order valence-electron chi connectivity index (χ1n) is 14.4. The molecular weight excluding hydrogens is 497 g/mol. The number of aliphatic carboxylic acids is 1. The number of carbonyl (C=O) groups excluding carboxylic acids is 2. The third kappa shape index (κ3) is 4.72. The van der Waals surface area contributed by atoms with Gasteiger partial charge in [0.1, 0.15) is 6.67 Å². The van der Waals surface area contributed by atoms with E-state index < -0.39 is 18.6 Å². The number of fused-ring (bicyclic) bond motifs is 1. The molecule has 1 N–H and O–H groups in total. The summed E-state index contributed by atoms with van der Waals surface area (Å²) in [5, 5.41) is 14.4. The summed E-state index contributed by atoms with van der Waals surface area (Å²) in [5.74, 6) is -1.27. The number of hydrogen-bond acceptors (Lipinski definition) is 4. The highest BCUT2D eigenvalue weighted by Crippen LogP contribution is 2.43. The van der Waals surface area contributed by atoms with E-state index in [0.717, 1.165) is 52.9 Å². The number of aromatic nitrogens is 2. The predicted molar refractivity (Wildman–Crippen MR) is 144 cm³/mol. The van der Waals surface area contributed by atoms with Gasteiger partial charge in [0.05, 0.1) is 23.3 Å². The van der Waals surface area contributed by atoms with Crippen molar-refractivity contribution < 1.29 is 23.9 Å². The number of nitrogens with zero attached hydrogens (tertiary/aromatic N) is 3. The van der Waals surface area contributed by atoms with Gasteiger partial charge in [-0.3, -0.25) is 14.4 Å². The van der Waals surface area contributed by atoms with Crippen LogP contribution in [0, 0.1) is 18.8 Å². The molecule has 1 aromatic carbocycles. The van der Waals surface area contributed by atoms with Crippen LogP contribution >= 0.6 is 0 Å². The molecule has 206 valence electrons. The number of halogens is 1. The minimum absolute atomic E-state index is 0.0155. The fourth-order valence-electron chi connectivity index (χ4n) is 6.87. The molecule has 0 bridgehead atoms. The standard InChI is InChI=1S/C31H36FN3O4/c1-18-4-2-6-24(19-7-8-19)27(18)30(37)35-26-16-22(29(36)34-15-3-5-23(34)17-32)13-14-25(26)28(33-35)20-9-11-21(12-10-20)31(38)39/h2,4,6,9,19,21-23H,3,5,7-8,10-17H2,1H3,(H,38,39)/t21?,22?,23-/m1/s1. The van der Waals surface area contributed by atoms with Crippen molar-refractivity contribution in [2.45, 2.75) is 83.1 Å². The Hall–Kier alpha value is -3.29. The largest absolute Gasteiger partial charge is 0.481 e. The summed E-state index contributed by atoms with van der Waals surface area (Å²) in [4.78, 5) is 41.0. The number of alkyl halides is 1. The lowest BCUT2D eigenvalue weighted by molar-refractivity contribution is -0.142. The lowest BCUT2D eigenvalue weighted by Crippen LogP contribution is -2.42. The van der Waals surface area contributed by atoms with Gasteiger partial charge in [-0.1, -0.05) is 24.3 Å². The van der Waals surface area contributed by atoms with Crippen LogP contribution in [0.4, 0.5) is 4.39 Å². The summed E-state index contributed by atoms with van der Waals surface area (Å²) < 4.78 is 15.2. The number of benzene rings is 1. The monoisotopic (exact) mass is 533 g/mol. The van der Waals surface area contributed by atoms with E-state index in [-0.39, 0.29) is 23.8 Å². The van der Waals surface area contributed by atoms with Crippen LogP contribution < -0.4 is 0 Å². The summed E-state index contributed by atoms with van der Waals surface area (Å²) >= 11 is 0. The summed E-state index contributed by atoms with van der Waals surface area (Å²) in [5.41, 5.74) is 6.23. The van der Waals surface area contributed by atoms with Gasteiger partial charge in [-0.25, -0.2) is 4.39 Å². The highest BCUT2D eigenvalue weighted by molar-refractivity contribution is 5.99. The number of carbonyl (C=O) groups is 3. The van der Waals surface area contributed by atoms with Crippen LogP contribution in [0.5, 0.6) is 0 Å². The second-order valence-electron chi connectivity index (χ2n) is 11.8. The Labute approximate surface area is 228 Å². The Morgan fingerprint density at radius 2 is 1.87 bits per heavy atom. The van der Waals surface area contributed by atoms with Crippen molar-refractivity contribution in [2.24, 2.45) is 11.8 Å². The molecule has 2 fully saturated rings. The second kappa shape index (κ2) is 10.4. The van der Waals surface area contributed by atoms with Gasteiger partial charge in [0.25, 0.3) is 5.91 Å². The van der Waals surface area contributed by atoms with Crippen molar-refractivity contribution in [3.05, 3.63) is 57.9 Å². The van der Waals surface area contributed by atoms with Crippen molar-refractivity contribution in [1.29, 1.82) is 0 Å². The van der Waals surface area contributed by atoms with Crippen LogP contribution in [-0.2, 0) is 22.4 Å². The van der Waals surface area contributed by atoms with E-state index in [1.807, 2.05) is 31.2 Å². The molecule has 6 rings (SSSR count). The topological polar surface area (TPSA) is 92.5 Å². The van der Waals surface area contributed by atoms with Gasteiger partial charge in [-0.05, 0) is 87.3 Å². The van der Waals surface area contributed by atoms with E-state index in [9.17, 15) is 23.9 Å². The number of carboxylic acids is 1. The minimum atomic E-state index is -0.782. The number of aryl methyl sites for hydroxylation is 1. The molecule has 3 aliphatic carbocycles. The third-order valence-electron chi connectivity index (χ3n) is 9.25. The molecule has 39 heavy (non-hydrogen) atoms. The molecule has 1 amide bonds. The summed E-state index contributed by atoms with van der Waals surface area (Å²) in [6, 6.07) is 5.66. The normalized spacial score (nSPS) is 24.8. The average Bonchev–Trinajstić information content (AvgIpc) is 3.56. The number of likely N-dealkylation sites (tertiary alicyclic amines) is 1. The fourth-order valence-corrected chi connectivity index (χ4v) is 6.87. The maximum atomic E-state index is 14.2. The van der Waals surface area contributed by atoms with Gasteiger partial charge in [0.2, 0.25) is 5.91 Å². The van der Waals surface area contributed by atoms with Gasteiger partial charge in [-0.15, -0.1) is 0 Å². The fraction of sp³-hybridized carbons (Fsp3) is 0.548. The molecule has 1 saturated carbocycles. The van der Waals surface area contributed by atoms with E-state index in [4.69, 9.17) is 5.10 Å². The van der Waals surface area contributed by atoms with E-state index in [1.54, 1.807) is 9.58 Å². The zero-order chi connectivity index (χ0) is 27.3. The number of carboxylic acid groups (broad SMARTS) is 1. The molecule has 4 aliphatic rings. The maximum Gasteiger partial charge on any atom is 0.306 e. The summed E-state index contributed by atoms with van der Waals surface area (Å²) in [6.45, 7) is 2.03. The second-order valence-corrected chi connectivity index (χ2v) is 11.8. The molecule has 1 aliphatic heterocycles. The van der Waals surface area contributed by atoms with Crippen LogP contribution in [0.3, 0.4) is 0 Å². The van der Waals surface area contributed by atoms with Gasteiger partial charge < -0.3 is 10.0 Å². The van der Waals surface area contributed by atoms with Crippen molar-refractivity contribution in [2.75, 3.05) is 13.2 Å². The SMILES string of the molecule is Cc1cccc(C2CC2)c1C(=O)n1nc(C2=CCC(C(=O)O)CC2)c2c1CC(C(=O)N1CCC[C@@H]1CF)CC2. The Kier molecular flexibility index (Phi) is 6.89. The maximum absolute atomic E-state index is 14.2. The molecule has 8 heteroatoms. The average molecular weight is 534 g/mol. The molecule has 1 aromatic heterocycles. The van der Waals surface area contributed by atoms with Crippen molar-refractivity contribution in [3.8, 4) is 0 Å². The predicted octanol–water partition coefficient (Wildman–Crippen LogP) is 5.09. The number of hydrogen-bond donors (Lipinski definition) is 1. The lowest BCUT2D eigenvalue weighted by atomic mass is 9.82. The highest BCUT2D eigenvalue weighted by Gasteiger charge is 2.39. The molecule has 2 heterocycles. The molecule has 2 unspecified atom stereocenters. The van der Waals surface area contributed by atoms with Crippen molar-refractivity contribution >= 4 is 23.4 Å². The third-order valence-corrected chi connectivity index (χ3v) is 9.25. The molecule has 3 atom stereocenters. The van der Waals surface area contributed by atoms with E-state index in [0.29, 0.717) is 63.0 Å². The number of allylic oxidation sites excluding steroid dienone is 2. The van der Waals surface area contributed by atoms with Crippen LogP contribution in [-0.4, -0.2) is 56.8 Å². The van der Waals surface area contributed by atoms with Gasteiger partial charge in [0, 0.05) is 30.0 Å². The first kappa shape index (κ1) is 26.0. The zero-order valence-corrected chi connectivity index (χ0v) is 22.5. The molecule has 0 spiro atoms. The molecular formula is C31H36FN3O4. The van der Waals surface area contributed by atoms with Crippen LogP contribution in [0.1, 0.15) is 95.7 Å². The smallest absolute Gasteiger partial charge is 0.306 e. The highest BCUT2D eigenvalue weighted by atomic mass is 19.1. The summed E-state index contributed by atoms with van der Waals surface area (Å²) in [7, 11) is 0. The van der Waals surface area contributed by atoms with Crippen LogP contribution in [0.15, 0.2) is 24.3 Å². The van der Waals surface area contributed by atoms with Gasteiger partial charge in [0.15, 0.2) is 0 Å². The minimum Gasteiger partial charge on any atom is -0.481 e. The Balaban J connectivity index is 1.39. The van der Waals surface area contributed by atoms with Crippen molar-refractivity contribution in [3.63, 3.8) is 0 Å². The Bertz CT molecular complexity index is 1360.